The van der Waals surface area contributed by atoms with E-state index < -0.39 is 0 Å². The van der Waals surface area contributed by atoms with Crippen LogP contribution in [0.4, 0.5) is 0 Å². The molecule has 88 valence electrons. The van der Waals surface area contributed by atoms with Crippen LogP contribution in [-0.4, -0.2) is 21.6 Å². The highest BCUT2D eigenvalue weighted by atomic mass is 16.5. The standard InChI is InChI=1S/C10H11N3O.CO2/c1-8-2-4-9(5-3-8)7-14-10-6-11-13-12-10;2-1-3/h2-6H,7H2,1H3,(H,11,12,13);. The molecule has 0 aliphatic rings. The summed E-state index contributed by atoms with van der Waals surface area (Å²) < 4.78 is 5.37. The van der Waals surface area contributed by atoms with E-state index in [2.05, 4.69) is 34.5 Å². The molecule has 6 heteroatoms. The van der Waals surface area contributed by atoms with Crippen molar-refractivity contribution in [2.45, 2.75) is 13.5 Å². The molecular formula is C11H11N3O3. The summed E-state index contributed by atoms with van der Waals surface area (Å²) in [6, 6.07) is 8.19. The van der Waals surface area contributed by atoms with Crippen molar-refractivity contribution in [3.8, 4) is 5.88 Å². The smallest absolute Gasteiger partial charge is 0.373 e. The number of H-pyrrole nitrogens is 1. The van der Waals surface area contributed by atoms with Crippen molar-refractivity contribution in [2.75, 3.05) is 0 Å². The summed E-state index contributed by atoms with van der Waals surface area (Å²) in [5.41, 5.74) is 2.37. The number of ether oxygens (including phenoxy) is 1. The monoisotopic (exact) mass is 233 g/mol. The largest absolute Gasteiger partial charge is 0.471 e. The number of aromatic amines is 1. The summed E-state index contributed by atoms with van der Waals surface area (Å²) in [7, 11) is 0. The summed E-state index contributed by atoms with van der Waals surface area (Å²) in [5, 5.41) is 9.93. The Morgan fingerprint density at radius 2 is 1.94 bits per heavy atom. The van der Waals surface area contributed by atoms with Crippen LogP contribution in [0.3, 0.4) is 0 Å². The van der Waals surface area contributed by atoms with E-state index in [9.17, 15) is 0 Å². The van der Waals surface area contributed by atoms with Crippen LogP contribution in [0.2, 0.25) is 0 Å². The fourth-order valence-electron chi connectivity index (χ4n) is 1.10. The Kier molecular flexibility index (Phi) is 5.13. The van der Waals surface area contributed by atoms with Crippen LogP contribution >= 0.6 is 0 Å². The van der Waals surface area contributed by atoms with Gasteiger partial charge < -0.3 is 4.74 Å². The lowest BCUT2D eigenvalue weighted by atomic mass is 10.2. The Labute approximate surface area is 97.6 Å². The summed E-state index contributed by atoms with van der Waals surface area (Å²) >= 11 is 0. The second-order valence-corrected chi connectivity index (χ2v) is 3.17. The minimum atomic E-state index is 0.250. The van der Waals surface area contributed by atoms with E-state index in [4.69, 9.17) is 14.3 Å². The van der Waals surface area contributed by atoms with E-state index in [-0.39, 0.29) is 6.15 Å². The van der Waals surface area contributed by atoms with Gasteiger partial charge in [-0.25, -0.2) is 0 Å². The van der Waals surface area contributed by atoms with E-state index in [1.807, 2.05) is 12.1 Å². The molecule has 1 aromatic heterocycles. The molecule has 0 aliphatic carbocycles. The van der Waals surface area contributed by atoms with Gasteiger partial charge in [0.2, 0.25) is 0 Å². The molecule has 0 radical (unpaired) electrons. The molecule has 0 saturated heterocycles. The minimum absolute atomic E-state index is 0.250. The number of aromatic nitrogens is 3. The first-order chi connectivity index (χ1) is 8.26. The van der Waals surface area contributed by atoms with Crippen molar-refractivity contribution in [3.63, 3.8) is 0 Å². The Morgan fingerprint density at radius 1 is 1.29 bits per heavy atom. The maximum absolute atomic E-state index is 8.12. The quantitative estimate of drug-likeness (QED) is 0.858. The lowest BCUT2D eigenvalue weighted by molar-refractivity contribution is -0.191. The molecule has 0 fully saturated rings. The molecule has 2 rings (SSSR count). The van der Waals surface area contributed by atoms with Crippen LogP contribution in [0.25, 0.3) is 0 Å². The van der Waals surface area contributed by atoms with Crippen LogP contribution in [0.15, 0.2) is 30.5 Å². The molecule has 0 atom stereocenters. The number of hydrogen-bond donors (Lipinski definition) is 1. The topological polar surface area (TPSA) is 84.9 Å². The molecule has 0 saturated carbocycles. The summed E-state index contributed by atoms with van der Waals surface area (Å²) in [5.74, 6) is 0.519. The van der Waals surface area contributed by atoms with Crippen molar-refractivity contribution in [2.24, 2.45) is 0 Å². The molecule has 1 heterocycles. The van der Waals surface area contributed by atoms with Crippen LogP contribution < -0.4 is 4.74 Å². The van der Waals surface area contributed by atoms with Gasteiger partial charge in [-0.05, 0) is 12.5 Å². The predicted octanol–water partition coefficient (Wildman–Crippen LogP) is 1.11. The second-order valence-electron chi connectivity index (χ2n) is 3.17. The van der Waals surface area contributed by atoms with Crippen LogP contribution in [0, 0.1) is 6.92 Å². The first-order valence-electron chi connectivity index (χ1n) is 4.79. The van der Waals surface area contributed by atoms with E-state index in [1.54, 1.807) is 6.20 Å². The average Bonchev–Trinajstić information content (AvgIpc) is 2.82. The average molecular weight is 233 g/mol. The number of rotatable bonds is 3. The number of hydrogen-bond acceptors (Lipinski definition) is 5. The Hall–Kier alpha value is -2.46. The number of benzene rings is 1. The highest BCUT2D eigenvalue weighted by molar-refractivity contribution is 5.21. The highest BCUT2D eigenvalue weighted by Crippen LogP contribution is 2.07. The van der Waals surface area contributed by atoms with Gasteiger partial charge >= 0.3 is 6.15 Å². The van der Waals surface area contributed by atoms with Crippen molar-refractivity contribution < 1.29 is 14.3 Å². The third-order valence-corrected chi connectivity index (χ3v) is 1.90. The zero-order valence-corrected chi connectivity index (χ0v) is 9.21. The Bertz CT molecular complexity index is 459. The van der Waals surface area contributed by atoms with Gasteiger partial charge in [0.05, 0.1) is 0 Å². The van der Waals surface area contributed by atoms with Gasteiger partial charge in [0.25, 0.3) is 5.88 Å². The number of carbonyl (C=O) groups excluding carboxylic acids is 2. The van der Waals surface area contributed by atoms with Gasteiger partial charge in [-0.3, -0.25) is 0 Å². The molecule has 1 aromatic carbocycles. The fourth-order valence-corrected chi connectivity index (χ4v) is 1.10. The highest BCUT2D eigenvalue weighted by Gasteiger charge is 1.97. The predicted molar refractivity (Wildman–Crippen MR) is 56.9 cm³/mol. The Morgan fingerprint density at radius 3 is 2.47 bits per heavy atom. The Balaban J connectivity index is 0.000000437. The van der Waals surface area contributed by atoms with Gasteiger partial charge in [0.15, 0.2) is 0 Å². The zero-order chi connectivity index (χ0) is 12.5. The molecule has 0 unspecified atom stereocenters. The lowest BCUT2D eigenvalue weighted by Gasteiger charge is -2.02. The SMILES string of the molecule is Cc1ccc(COc2cn[nH]n2)cc1.O=C=O. The van der Waals surface area contributed by atoms with E-state index in [1.165, 1.54) is 5.56 Å². The van der Waals surface area contributed by atoms with Crippen LogP contribution in [-0.2, 0) is 16.2 Å². The lowest BCUT2D eigenvalue weighted by Crippen LogP contribution is -1.95. The van der Waals surface area contributed by atoms with E-state index >= 15 is 0 Å². The third-order valence-electron chi connectivity index (χ3n) is 1.90. The molecule has 0 bridgehead atoms. The molecular weight excluding hydrogens is 222 g/mol. The number of nitrogens with one attached hydrogen (secondary N) is 1. The number of nitrogens with zero attached hydrogens (tertiary/aromatic N) is 2. The molecule has 0 aliphatic heterocycles. The molecule has 6 nitrogen and oxygen atoms in total. The fraction of sp³-hybridized carbons (Fsp3) is 0.182. The van der Waals surface area contributed by atoms with Gasteiger partial charge in [-0.1, -0.05) is 29.8 Å². The maximum Gasteiger partial charge on any atom is 0.373 e. The first-order valence-corrected chi connectivity index (χ1v) is 4.79. The first kappa shape index (κ1) is 12.6. The zero-order valence-electron chi connectivity index (χ0n) is 9.21. The van der Waals surface area contributed by atoms with Crippen molar-refractivity contribution in [3.05, 3.63) is 41.6 Å². The normalized spacial score (nSPS) is 8.76. The van der Waals surface area contributed by atoms with Gasteiger partial charge in [0.1, 0.15) is 12.8 Å². The minimum Gasteiger partial charge on any atom is -0.471 e. The van der Waals surface area contributed by atoms with Crippen molar-refractivity contribution in [1.29, 1.82) is 0 Å². The van der Waals surface area contributed by atoms with Crippen LogP contribution in [0.1, 0.15) is 11.1 Å². The number of aryl methyl sites for hydroxylation is 1. The second kappa shape index (κ2) is 6.92. The van der Waals surface area contributed by atoms with Gasteiger partial charge in [-0.15, -0.1) is 5.10 Å². The molecule has 1 N–H and O–H groups in total. The van der Waals surface area contributed by atoms with Crippen molar-refractivity contribution in [1.82, 2.24) is 15.4 Å². The molecule has 0 amide bonds. The third kappa shape index (κ3) is 4.72. The molecule has 2 aromatic rings. The molecule has 17 heavy (non-hydrogen) atoms. The van der Waals surface area contributed by atoms with Gasteiger partial charge in [0, 0.05) is 0 Å². The van der Waals surface area contributed by atoms with E-state index in [0.717, 1.165) is 5.56 Å². The van der Waals surface area contributed by atoms with E-state index in [0.29, 0.717) is 12.5 Å². The maximum atomic E-state index is 8.12. The summed E-state index contributed by atoms with van der Waals surface area (Å²) in [6.07, 6.45) is 1.80. The van der Waals surface area contributed by atoms with Gasteiger partial charge in [-0.2, -0.15) is 19.9 Å². The molecule has 0 spiro atoms. The summed E-state index contributed by atoms with van der Waals surface area (Å²) in [4.78, 5) is 16.2. The van der Waals surface area contributed by atoms with Crippen molar-refractivity contribution >= 4 is 6.15 Å². The summed E-state index contributed by atoms with van der Waals surface area (Å²) in [6.45, 7) is 2.58. The van der Waals surface area contributed by atoms with Crippen LogP contribution in [0.5, 0.6) is 5.88 Å².